The van der Waals surface area contributed by atoms with Crippen LogP contribution in [0.1, 0.15) is 53.1 Å². The summed E-state index contributed by atoms with van der Waals surface area (Å²) in [6.07, 6.45) is 0.787. The molecule has 0 aliphatic carbocycles. The van der Waals surface area contributed by atoms with Crippen molar-refractivity contribution in [3.8, 4) is 11.5 Å². The lowest BCUT2D eigenvalue weighted by Crippen LogP contribution is -2.28. The first-order valence-corrected chi connectivity index (χ1v) is 10.7. The fourth-order valence-electron chi connectivity index (χ4n) is 3.69. The SMILES string of the molecule is Cc1cc(OCC(=O)NCc2ccccc2)cc(C)c1Cc1ccc(O)c(C(C)C)c1. The molecule has 0 aromatic heterocycles. The van der Waals surface area contributed by atoms with Gasteiger partial charge in [-0.15, -0.1) is 0 Å². The van der Waals surface area contributed by atoms with Gasteiger partial charge in [-0.2, -0.15) is 0 Å². The lowest BCUT2D eigenvalue weighted by Gasteiger charge is -2.15. The largest absolute Gasteiger partial charge is 0.508 e. The molecule has 0 radical (unpaired) electrons. The zero-order valence-electron chi connectivity index (χ0n) is 18.7. The first kappa shape index (κ1) is 22.4. The summed E-state index contributed by atoms with van der Waals surface area (Å²) >= 11 is 0. The molecule has 0 heterocycles. The highest BCUT2D eigenvalue weighted by atomic mass is 16.5. The Balaban J connectivity index is 1.62. The monoisotopic (exact) mass is 417 g/mol. The fourth-order valence-corrected chi connectivity index (χ4v) is 3.69. The standard InChI is InChI=1S/C27H31NO3/c1-18(2)24-14-22(10-11-26(24)29)15-25-19(3)12-23(13-20(25)4)31-17-27(30)28-16-21-8-6-5-7-9-21/h5-14,18,29H,15-17H2,1-4H3,(H,28,30). The van der Waals surface area contributed by atoms with Crippen LogP contribution >= 0.6 is 0 Å². The normalized spacial score (nSPS) is 10.9. The smallest absolute Gasteiger partial charge is 0.258 e. The third-order valence-electron chi connectivity index (χ3n) is 5.47. The van der Waals surface area contributed by atoms with E-state index in [9.17, 15) is 9.90 Å². The van der Waals surface area contributed by atoms with Crippen LogP contribution in [0.15, 0.2) is 60.7 Å². The van der Waals surface area contributed by atoms with Gasteiger partial charge in [-0.05, 0) is 77.8 Å². The molecule has 0 saturated carbocycles. The molecule has 31 heavy (non-hydrogen) atoms. The second kappa shape index (κ2) is 10.2. The molecule has 0 aliphatic heterocycles. The van der Waals surface area contributed by atoms with E-state index in [-0.39, 0.29) is 18.4 Å². The van der Waals surface area contributed by atoms with Gasteiger partial charge >= 0.3 is 0 Å². The number of phenolic OH excluding ortho intramolecular Hbond substituents is 1. The maximum absolute atomic E-state index is 12.1. The van der Waals surface area contributed by atoms with Crippen molar-refractivity contribution in [1.82, 2.24) is 5.32 Å². The van der Waals surface area contributed by atoms with Gasteiger partial charge in [0, 0.05) is 6.54 Å². The Morgan fingerprint density at radius 2 is 1.65 bits per heavy atom. The van der Waals surface area contributed by atoms with Crippen LogP contribution in [-0.4, -0.2) is 17.6 Å². The zero-order chi connectivity index (χ0) is 22.4. The van der Waals surface area contributed by atoms with Crippen LogP contribution < -0.4 is 10.1 Å². The van der Waals surface area contributed by atoms with E-state index in [0.717, 1.165) is 28.7 Å². The maximum Gasteiger partial charge on any atom is 0.258 e. The summed E-state index contributed by atoms with van der Waals surface area (Å²) in [7, 11) is 0. The first-order valence-electron chi connectivity index (χ1n) is 10.7. The number of aryl methyl sites for hydroxylation is 2. The highest BCUT2D eigenvalue weighted by Gasteiger charge is 2.11. The van der Waals surface area contributed by atoms with Gasteiger partial charge < -0.3 is 15.2 Å². The van der Waals surface area contributed by atoms with E-state index in [1.807, 2.05) is 48.5 Å². The Bertz CT molecular complexity index is 1020. The summed E-state index contributed by atoms with van der Waals surface area (Å²) < 4.78 is 5.74. The molecule has 3 aromatic carbocycles. The Labute approximate surface area is 184 Å². The number of amides is 1. The van der Waals surface area contributed by atoms with Crippen molar-refractivity contribution in [1.29, 1.82) is 0 Å². The van der Waals surface area contributed by atoms with Crippen LogP contribution in [0.5, 0.6) is 11.5 Å². The van der Waals surface area contributed by atoms with Gasteiger partial charge in [0.2, 0.25) is 0 Å². The molecule has 3 aromatic rings. The van der Waals surface area contributed by atoms with Crippen LogP contribution in [0.3, 0.4) is 0 Å². The molecule has 0 saturated heterocycles. The van der Waals surface area contributed by atoms with Crippen LogP contribution in [0.2, 0.25) is 0 Å². The number of carbonyl (C=O) groups excluding carboxylic acids is 1. The number of hydrogen-bond donors (Lipinski definition) is 2. The predicted molar refractivity (Wildman–Crippen MR) is 125 cm³/mol. The second-order valence-electron chi connectivity index (χ2n) is 8.31. The van der Waals surface area contributed by atoms with E-state index in [4.69, 9.17) is 4.74 Å². The summed E-state index contributed by atoms with van der Waals surface area (Å²) in [6.45, 7) is 8.77. The van der Waals surface area contributed by atoms with Crippen molar-refractivity contribution in [2.75, 3.05) is 6.61 Å². The topological polar surface area (TPSA) is 58.6 Å². The molecule has 3 rings (SSSR count). The molecule has 2 N–H and O–H groups in total. The minimum Gasteiger partial charge on any atom is -0.508 e. The highest BCUT2D eigenvalue weighted by Crippen LogP contribution is 2.29. The molecule has 4 heteroatoms. The number of nitrogens with one attached hydrogen (secondary N) is 1. The number of ether oxygens (including phenoxy) is 1. The zero-order valence-corrected chi connectivity index (χ0v) is 18.7. The number of carbonyl (C=O) groups is 1. The predicted octanol–water partition coefficient (Wildman–Crippen LogP) is 5.42. The minimum absolute atomic E-state index is 0.0131. The van der Waals surface area contributed by atoms with Gasteiger partial charge in [0.25, 0.3) is 5.91 Å². The van der Waals surface area contributed by atoms with Crippen molar-refractivity contribution in [2.24, 2.45) is 0 Å². The second-order valence-corrected chi connectivity index (χ2v) is 8.31. The van der Waals surface area contributed by atoms with E-state index in [0.29, 0.717) is 18.0 Å². The minimum atomic E-state index is -0.145. The number of hydrogen-bond acceptors (Lipinski definition) is 3. The van der Waals surface area contributed by atoms with Gasteiger partial charge in [0.1, 0.15) is 11.5 Å². The molecule has 162 valence electrons. The molecule has 0 spiro atoms. The Morgan fingerprint density at radius 3 is 2.29 bits per heavy atom. The van der Waals surface area contributed by atoms with E-state index in [1.54, 1.807) is 6.07 Å². The first-order chi connectivity index (χ1) is 14.8. The van der Waals surface area contributed by atoms with Crippen LogP contribution in [0, 0.1) is 13.8 Å². The van der Waals surface area contributed by atoms with E-state index in [1.165, 1.54) is 11.1 Å². The van der Waals surface area contributed by atoms with E-state index >= 15 is 0 Å². The van der Waals surface area contributed by atoms with E-state index < -0.39 is 0 Å². The average Bonchev–Trinajstić information content (AvgIpc) is 2.75. The number of rotatable bonds is 8. The van der Waals surface area contributed by atoms with Crippen LogP contribution in [-0.2, 0) is 17.8 Å². The third-order valence-corrected chi connectivity index (χ3v) is 5.47. The van der Waals surface area contributed by atoms with Crippen molar-refractivity contribution in [3.05, 3.63) is 94.0 Å². The third kappa shape index (κ3) is 6.11. The van der Waals surface area contributed by atoms with Crippen LogP contribution in [0.4, 0.5) is 0 Å². The molecule has 4 nitrogen and oxygen atoms in total. The molecular weight excluding hydrogens is 386 g/mol. The van der Waals surface area contributed by atoms with Crippen molar-refractivity contribution >= 4 is 5.91 Å². The lowest BCUT2D eigenvalue weighted by atomic mass is 9.93. The summed E-state index contributed by atoms with van der Waals surface area (Å²) in [4.78, 5) is 12.1. The number of phenols is 1. The summed E-state index contributed by atoms with van der Waals surface area (Å²) in [6, 6.07) is 19.6. The van der Waals surface area contributed by atoms with Gasteiger partial charge in [-0.1, -0.05) is 56.3 Å². The van der Waals surface area contributed by atoms with Crippen LogP contribution in [0.25, 0.3) is 0 Å². The van der Waals surface area contributed by atoms with Gasteiger partial charge in [-0.25, -0.2) is 0 Å². The quantitative estimate of drug-likeness (QED) is 0.515. The molecule has 1 amide bonds. The molecule has 0 bridgehead atoms. The summed E-state index contributed by atoms with van der Waals surface area (Å²) in [5.41, 5.74) is 6.68. The molecule has 0 fully saturated rings. The maximum atomic E-state index is 12.1. The Morgan fingerprint density at radius 1 is 0.968 bits per heavy atom. The van der Waals surface area contributed by atoms with Crippen molar-refractivity contribution in [3.63, 3.8) is 0 Å². The molecular formula is C27H31NO3. The van der Waals surface area contributed by atoms with Crippen molar-refractivity contribution < 1.29 is 14.6 Å². The molecule has 0 aliphatic rings. The molecule has 0 unspecified atom stereocenters. The van der Waals surface area contributed by atoms with Crippen molar-refractivity contribution in [2.45, 2.75) is 46.6 Å². The highest BCUT2D eigenvalue weighted by molar-refractivity contribution is 5.77. The average molecular weight is 418 g/mol. The fraction of sp³-hybridized carbons (Fsp3) is 0.296. The van der Waals surface area contributed by atoms with Gasteiger partial charge in [0.15, 0.2) is 6.61 Å². The summed E-state index contributed by atoms with van der Waals surface area (Å²) in [5.74, 6) is 1.17. The Hall–Kier alpha value is -3.27. The number of benzene rings is 3. The number of aromatic hydroxyl groups is 1. The Kier molecular flexibility index (Phi) is 7.35. The summed E-state index contributed by atoms with van der Waals surface area (Å²) in [5, 5.41) is 13.0. The lowest BCUT2D eigenvalue weighted by molar-refractivity contribution is -0.123. The molecule has 0 atom stereocenters. The van der Waals surface area contributed by atoms with Gasteiger partial charge in [0.05, 0.1) is 0 Å². The van der Waals surface area contributed by atoms with Gasteiger partial charge in [-0.3, -0.25) is 4.79 Å². The van der Waals surface area contributed by atoms with E-state index in [2.05, 4.69) is 39.1 Å².